The van der Waals surface area contributed by atoms with Gasteiger partial charge in [-0.2, -0.15) is 0 Å². The molecule has 0 aromatic carbocycles. The van der Waals surface area contributed by atoms with Gasteiger partial charge in [0.25, 0.3) is 0 Å². The number of imidazole rings is 1. The van der Waals surface area contributed by atoms with E-state index >= 15 is 0 Å². The Labute approximate surface area is 113 Å². The SMILES string of the molecule is CCCCCCNc1ncnc2nc[nH]c12.Cl.N. The fourth-order valence-electron chi connectivity index (χ4n) is 1.66. The second kappa shape index (κ2) is 8.66. The molecule has 0 radical (unpaired) electrons. The van der Waals surface area contributed by atoms with Crippen LogP contribution in [0.3, 0.4) is 0 Å². The normalized spacial score (nSPS) is 9.61. The minimum absolute atomic E-state index is 0. The summed E-state index contributed by atoms with van der Waals surface area (Å²) in [6.45, 7) is 3.16. The Morgan fingerprint density at radius 2 is 2.00 bits per heavy atom. The van der Waals surface area contributed by atoms with E-state index in [0.29, 0.717) is 5.65 Å². The third-order valence-corrected chi connectivity index (χ3v) is 2.55. The fourth-order valence-corrected chi connectivity index (χ4v) is 1.66. The summed E-state index contributed by atoms with van der Waals surface area (Å²) in [5.74, 6) is 0.846. The van der Waals surface area contributed by atoms with E-state index in [1.807, 2.05) is 0 Å². The topological polar surface area (TPSA) is 101 Å². The molecular weight excluding hydrogens is 252 g/mol. The Balaban J connectivity index is 0.00000144. The summed E-state index contributed by atoms with van der Waals surface area (Å²) in [6, 6.07) is 0. The quantitative estimate of drug-likeness (QED) is 0.702. The Kier molecular flexibility index (Phi) is 7.98. The number of rotatable bonds is 6. The Hall–Kier alpha value is -1.40. The van der Waals surface area contributed by atoms with E-state index in [4.69, 9.17) is 0 Å². The van der Waals surface area contributed by atoms with Crippen molar-refractivity contribution in [3.05, 3.63) is 12.7 Å². The van der Waals surface area contributed by atoms with E-state index in [1.165, 1.54) is 32.0 Å². The standard InChI is InChI=1S/C11H17N5.ClH.H3N/c1-2-3-4-5-6-12-10-9-11(14-7-13-9)16-8-15-10;;/h7-8H,2-6H2,1H3,(H2,12,13,14,15,16);1H;1H3. The second-order valence-corrected chi connectivity index (χ2v) is 3.81. The number of aromatic amines is 1. The number of hydrogen-bond acceptors (Lipinski definition) is 5. The van der Waals surface area contributed by atoms with Crippen LogP contribution in [0.2, 0.25) is 0 Å². The summed E-state index contributed by atoms with van der Waals surface area (Å²) in [5.41, 5.74) is 1.60. The molecule has 0 atom stereocenters. The molecule has 102 valence electrons. The van der Waals surface area contributed by atoms with Crippen LogP contribution < -0.4 is 11.5 Å². The molecule has 5 N–H and O–H groups in total. The largest absolute Gasteiger partial charge is 0.368 e. The van der Waals surface area contributed by atoms with Crippen LogP contribution in [0.25, 0.3) is 11.2 Å². The summed E-state index contributed by atoms with van der Waals surface area (Å²) in [5, 5.41) is 3.31. The van der Waals surface area contributed by atoms with Gasteiger partial charge in [-0.3, -0.25) is 0 Å². The summed E-state index contributed by atoms with van der Waals surface area (Å²) in [4.78, 5) is 15.4. The van der Waals surface area contributed by atoms with Gasteiger partial charge in [0.2, 0.25) is 0 Å². The second-order valence-electron chi connectivity index (χ2n) is 3.81. The van der Waals surface area contributed by atoms with Crippen LogP contribution in [0.5, 0.6) is 0 Å². The molecule has 0 aliphatic heterocycles. The molecule has 18 heavy (non-hydrogen) atoms. The third kappa shape index (κ3) is 4.12. The predicted molar refractivity (Wildman–Crippen MR) is 76.6 cm³/mol. The van der Waals surface area contributed by atoms with Crippen molar-refractivity contribution in [2.24, 2.45) is 0 Å². The third-order valence-electron chi connectivity index (χ3n) is 2.55. The molecule has 0 unspecified atom stereocenters. The lowest BCUT2D eigenvalue weighted by Crippen LogP contribution is -2.04. The lowest BCUT2D eigenvalue weighted by Gasteiger charge is -2.05. The highest BCUT2D eigenvalue weighted by Crippen LogP contribution is 2.14. The number of hydrogen-bond donors (Lipinski definition) is 3. The van der Waals surface area contributed by atoms with E-state index in [-0.39, 0.29) is 18.6 Å². The maximum Gasteiger partial charge on any atom is 0.182 e. The molecule has 2 aromatic rings. The van der Waals surface area contributed by atoms with Gasteiger partial charge in [-0.15, -0.1) is 12.4 Å². The van der Waals surface area contributed by atoms with Crippen LogP contribution in [0.4, 0.5) is 5.82 Å². The molecule has 0 aliphatic rings. The highest BCUT2D eigenvalue weighted by molar-refractivity contribution is 5.85. The van der Waals surface area contributed by atoms with Gasteiger partial charge in [-0.25, -0.2) is 15.0 Å². The van der Waals surface area contributed by atoms with Crippen molar-refractivity contribution in [1.82, 2.24) is 26.1 Å². The molecule has 0 fully saturated rings. The zero-order valence-electron chi connectivity index (χ0n) is 10.6. The molecule has 2 aromatic heterocycles. The lowest BCUT2D eigenvalue weighted by molar-refractivity contribution is 0.684. The van der Waals surface area contributed by atoms with Crippen molar-refractivity contribution in [2.75, 3.05) is 11.9 Å². The molecule has 0 aliphatic carbocycles. The van der Waals surface area contributed by atoms with Gasteiger partial charge in [-0.05, 0) is 6.42 Å². The zero-order valence-corrected chi connectivity index (χ0v) is 11.5. The molecule has 6 nitrogen and oxygen atoms in total. The summed E-state index contributed by atoms with van der Waals surface area (Å²) in [6.07, 6.45) is 8.18. The first-order valence-electron chi connectivity index (χ1n) is 5.79. The number of nitrogens with one attached hydrogen (secondary N) is 2. The molecule has 0 saturated heterocycles. The number of aromatic nitrogens is 4. The molecular formula is C11H21ClN6. The molecule has 7 heteroatoms. The van der Waals surface area contributed by atoms with E-state index in [9.17, 15) is 0 Å². The van der Waals surface area contributed by atoms with Crippen molar-refractivity contribution < 1.29 is 0 Å². The Bertz CT molecular complexity index is 444. The highest BCUT2D eigenvalue weighted by atomic mass is 35.5. The number of nitrogens with zero attached hydrogens (tertiary/aromatic N) is 3. The van der Waals surface area contributed by atoms with Crippen LogP contribution >= 0.6 is 12.4 Å². The fraction of sp³-hybridized carbons (Fsp3) is 0.545. The van der Waals surface area contributed by atoms with Gasteiger partial charge in [0, 0.05) is 6.54 Å². The number of anilines is 1. The van der Waals surface area contributed by atoms with Gasteiger partial charge < -0.3 is 16.5 Å². The van der Waals surface area contributed by atoms with Crippen LogP contribution in [-0.4, -0.2) is 26.5 Å². The molecule has 0 bridgehead atoms. The van der Waals surface area contributed by atoms with Crippen molar-refractivity contribution in [3.63, 3.8) is 0 Å². The van der Waals surface area contributed by atoms with E-state index in [2.05, 4.69) is 32.2 Å². The van der Waals surface area contributed by atoms with Crippen molar-refractivity contribution >= 4 is 29.4 Å². The zero-order chi connectivity index (χ0) is 11.2. The maximum absolute atomic E-state index is 4.20. The van der Waals surface area contributed by atoms with Crippen molar-refractivity contribution in [1.29, 1.82) is 0 Å². The first-order valence-corrected chi connectivity index (χ1v) is 5.79. The summed E-state index contributed by atoms with van der Waals surface area (Å²) >= 11 is 0. The first-order chi connectivity index (χ1) is 7.92. The van der Waals surface area contributed by atoms with Crippen LogP contribution in [-0.2, 0) is 0 Å². The molecule has 0 saturated carbocycles. The van der Waals surface area contributed by atoms with E-state index < -0.39 is 0 Å². The van der Waals surface area contributed by atoms with Crippen LogP contribution in [0.15, 0.2) is 12.7 Å². The van der Waals surface area contributed by atoms with Gasteiger partial charge in [0.1, 0.15) is 11.8 Å². The molecule has 0 amide bonds. The number of unbranched alkanes of at least 4 members (excludes halogenated alkanes) is 3. The van der Waals surface area contributed by atoms with Gasteiger partial charge in [-0.1, -0.05) is 26.2 Å². The van der Waals surface area contributed by atoms with Crippen LogP contribution in [0.1, 0.15) is 32.6 Å². The minimum atomic E-state index is 0. The van der Waals surface area contributed by atoms with Gasteiger partial charge in [0.05, 0.1) is 6.33 Å². The van der Waals surface area contributed by atoms with Gasteiger partial charge in [0.15, 0.2) is 11.5 Å². The highest BCUT2D eigenvalue weighted by Gasteiger charge is 2.03. The maximum atomic E-state index is 4.20. The predicted octanol–water partition coefficient (Wildman–Crippen LogP) is 2.93. The lowest BCUT2D eigenvalue weighted by atomic mass is 10.2. The first kappa shape index (κ1) is 16.6. The van der Waals surface area contributed by atoms with Crippen LogP contribution in [0, 0.1) is 0 Å². The number of H-pyrrole nitrogens is 1. The monoisotopic (exact) mass is 272 g/mol. The Morgan fingerprint density at radius 1 is 1.17 bits per heavy atom. The number of halogens is 1. The van der Waals surface area contributed by atoms with E-state index in [1.54, 1.807) is 6.33 Å². The van der Waals surface area contributed by atoms with Crippen molar-refractivity contribution in [3.8, 4) is 0 Å². The van der Waals surface area contributed by atoms with E-state index in [0.717, 1.165) is 17.9 Å². The Morgan fingerprint density at radius 3 is 2.78 bits per heavy atom. The molecule has 2 heterocycles. The average molecular weight is 273 g/mol. The summed E-state index contributed by atoms with van der Waals surface area (Å²) < 4.78 is 0. The van der Waals surface area contributed by atoms with Gasteiger partial charge >= 0.3 is 0 Å². The average Bonchev–Trinajstić information content (AvgIpc) is 2.77. The molecule has 0 spiro atoms. The number of fused-ring (bicyclic) bond motifs is 1. The summed E-state index contributed by atoms with van der Waals surface area (Å²) in [7, 11) is 0. The molecule has 2 rings (SSSR count). The smallest absolute Gasteiger partial charge is 0.182 e. The minimum Gasteiger partial charge on any atom is -0.368 e. The van der Waals surface area contributed by atoms with Crippen molar-refractivity contribution in [2.45, 2.75) is 32.6 Å².